The van der Waals surface area contributed by atoms with Crippen molar-refractivity contribution in [2.75, 3.05) is 0 Å². The summed E-state index contributed by atoms with van der Waals surface area (Å²) in [5, 5.41) is 2.57. The predicted octanol–water partition coefficient (Wildman–Crippen LogP) is 3.81. The summed E-state index contributed by atoms with van der Waals surface area (Å²) < 4.78 is 31.9. The van der Waals surface area contributed by atoms with Gasteiger partial charge in [-0.3, -0.25) is 4.79 Å². The van der Waals surface area contributed by atoms with Crippen LogP contribution in [0.2, 0.25) is 0 Å². The van der Waals surface area contributed by atoms with E-state index in [4.69, 9.17) is 4.42 Å². The van der Waals surface area contributed by atoms with Crippen LogP contribution < -0.4 is 5.32 Å². The molecule has 0 bridgehead atoms. The van der Waals surface area contributed by atoms with Gasteiger partial charge in [-0.1, -0.05) is 0 Å². The van der Waals surface area contributed by atoms with Crippen LogP contribution in [0.1, 0.15) is 28.9 Å². The zero-order valence-corrected chi connectivity index (χ0v) is 11.5. The Morgan fingerprint density at radius 1 is 1.37 bits per heavy atom. The van der Waals surface area contributed by atoms with Gasteiger partial charge in [-0.05, 0) is 47.1 Å². The second-order valence-electron chi connectivity index (χ2n) is 3.97. The molecule has 0 aliphatic carbocycles. The van der Waals surface area contributed by atoms with Gasteiger partial charge in [0.1, 0.15) is 11.6 Å². The first-order valence-corrected chi connectivity index (χ1v) is 6.27. The molecule has 1 unspecified atom stereocenters. The van der Waals surface area contributed by atoms with E-state index in [0.717, 1.165) is 18.2 Å². The van der Waals surface area contributed by atoms with Gasteiger partial charge in [-0.2, -0.15) is 0 Å². The molecule has 1 aromatic heterocycles. The van der Waals surface area contributed by atoms with E-state index in [1.807, 2.05) is 0 Å². The monoisotopic (exact) mass is 329 g/mol. The lowest BCUT2D eigenvalue weighted by molar-refractivity contribution is 0.0937. The number of amides is 1. The van der Waals surface area contributed by atoms with Crippen molar-refractivity contribution in [3.05, 3.63) is 58.0 Å². The third-order valence-corrected chi connectivity index (χ3v) is 3.25. The summed E-state index contributed by atoms with van der Waals surface area (Å²) in [5.74, 6) is -1.56. The molecule has 0 aliphatic rings. The van der Waals surface area contributed by atoms with E-state index in [1.165, 1.54) is 12.3 Å². The molecule has 0 aliphatic heterocycles. The molecule has 0 fully saturated rings. The highest BCUT2D eigenvalue weighted by Gasteiger charge is 2.18. The minimum absolute atomic E-state index is 0.0907. The second-order valence-corrected chi connectivity index (χ2v) is 4.69. The quantitative estimate of drug-likeness (QED) is 0.930. The van der Waals surface area contributed by atoms with Crippen LogP contribution >= 0.6 is 15.9 Å². The number of nitrogens with one attached hydrogen (secondary N) is 1. The predicted molar refractivity (Wildman–Crippen MR) is 68.6 cm³/mol. The van der Waals surface area contributed by atoms with Crippen LogP contribution in [-0.4, -0.2) is 5.91 Å². The largest absolute Gasteiger partial charge is 0.457 e. The fourth-order valence-electron chi connectivity index (χ4n) is 1.65. The number of furan rings is 1. The highest BCUT2D eigenvalue weighted by Crippen LogP contribution is 2.21. The van der Waals surface area contributed by atoms with E-state index < -0.39 is 23.6 Å². The minimum atomic E-state index is -0.662. The van der Waals surface area contributed by atoms with Crippen LogP contribution in [0.4, 0.5) is 8.78 Å². The Bertz CT molecular complexity index is 612. The third kappa shape index (κ3) is 3.01. The molecule has 6 heteroatoms. The first-order chi connectivity index (χ1) is 8.99. The Morgan fingerprint density at radius 3 is 2.74 bits per heavy atom. The van der Waals surface area contributed by atoms with Crippen molar-refractivity contribution < 1.29 is 18.0 Å². The Morgan fingerprint density at radius 2 is 2.11 bits per heavy atom. The summed E-state index contributed by atoms with van der Waals surface area (Å²) in [6.07, 6.45) is 1.35. The molecule has 1 heterocycles. The van der Waals surface area contributed by atoms with Crippen molar-refractivity contribution in [2.45, 2.75) is 13.0 Å². The highest BCUT2D eigenvalue weighted by molar-refractivity contribution is 9.10. The van der Waals surface area contributed by atoms with Crippen LogP contribution in [0.3, 0.4) is 0 Å². The molecule has 1 amide bonds. The fourth-order valence-corrected chi connectivity index (χ4v) is 2.07. The number of halogens is 3. The van der Waals surface area contributed by atoms with Gasteiger partial charge >= 0.3 is 0 Å². The van der Waals surface area contributed by atoms with Crippen LogP contribution in [0, 0.1) is 11.6 Å². The topological polar surface area (TPSA) is 42.2 Å². The summed E-state index contributed by atoms with van der Waals surface area (Å²) >= 11 is 3.08. The fraction of sp³-hybridized carbons (Fsp3) is 0.154. The van der Waals surface area contributed by atoms with Crippen molar-refractivity contribution in [3.8, 4) is 0 Å². The molecule has 0 saturated heterocycles. The minimum Gasteiger partial charge on any atom is -0.457 e. The summed E-state index contributed by atoms with van der Waals surface area (Å²) in [6, 6.07) is 3.94. The number of carbonyl (C=O) groups excluding carboxylic acids is 1. The van der Waals surface area contributed by atoms with Gasteiger partial charge in [-0.15, -0.1) is 0 Å². The van der Waals surface area contributed by atoms with Gasteiger partial charge in [0.2, 0.25) is 0 Å². The van der Waals surface area contributed by atoms with E-state index >= 15 is 0 Å². The number of benzene rings is 1. The smallest absolute Gasteiger partial charge is 0.256 e. The van der Waals surface area contributed by atoms with Gasteiger partial charge in [0.05, 0.1) is 17.9 Å². The van der Waals surface area contributed by atoms with Crippen molar-refractivity contribution >= 4 is 21.8 Å². The lowest BCUT2D eigenvalue weighted by Crippen LogP contribution is -2.27. The first-order valence-electron chi connectivity index (χ1n) is 5.48. The lowest BCUT2D eigenvalue weighted by atomic mass is 10.1. The Labute approximate surface area is 116 Å². The Kier molecular flexibility index (Phi) is 3.99. The zero-order chi connectivity index (χ0) is 14.0. The maximum absolute atomic E-state index is 13.5. The third-order valence-electron chi connectivity index (χ3n) is 2.63. The van der Waals surface area contributed by atoms with Crippen molar-refractivity contribution in [1.29, 1.82) is 0 Å². The van der Waals surface area contributed by atoms with Crippen LogP contribution in [0.15, 0.2) is 39.6 Å². The SMILES string of the molecule is CC(NC(=O)c1ccoc1Br)c1cc(F)ccc1F. The summed E-state index contributed by atoms with van der Waals surface area (Å²) in [6.45, 7) is 1.57. The number of rotatable bonds is 3. The van der Waals surface area contributed by atoms with Gasteiger partial charge in [0, 0.05) is 5.56 Å². The molecule has 3 nitrogen and oxygen atoms in total. The van der Waals surface area contributed by atoms with E-state index in [1.54, 1.807) is 6.92 Å². The average Bonchev–Trinajstić information content (AvgIpc) is 2.78. The molecule has 1 N–H and O–H groups in total. The molecule has 0 radical (unpaired) electrons. The maximum Gasteiger partial charge on any atom is 0.256 e. The molecule has 19 heavy (non-hydrogen) atoms. The second kappa shape index (κ2) is 5.52. The molecule has 2 rings (SSSR count). The van der Waals surface area contributed by atoms with E-state index in [0.29, 0.717) is 5.56 Å². The first kappa shape index (κ1) is 13.7. The van der Waals surface area contributed by atoms with Gasteiger partial charge in [-0.25, -0.2) is 8.78 Å². The standard InChI is InChI=1S/C13H10BrF2NO2/c1-7(10-6-8(15)2-3-11(10)16)17-13(18)9-4-5-19-12(9)14/h2-7H,1H3,(H,17,18). The molecule has 0 saturated carbocycles. The van der Waals surface area contributed by atoms with Crippen LogP contribution in [-0.2, 0) is 0 Å². The van der Waals surface area contributed by atoms with E-state index in [2.05, 4.69) is 21.2 Å². The van der Waals surface area contributed by atoms with Gasteiger partial charge in [0.25, 0.3) is 5.91 Å². The zero-order valence-electron chi connectivity index (χ0n) is 9.91. The summed E-state index contributed by atoms with van der Waals surface area (Å²) in [4.78, 5) is 11.9. The maximum atomic E-state index is 13.5. The molecular weight excluding hydrogens is 320 g/mol. The molecule has 0 spiro atoms. The number of hydrogen-bond acceptors (Lipinski definition) is 2. The van der Waals surface area contributed by atoms with Crippen LogP contribution in [0.5, 0.6) is 0 Å². The Balaban J connectivity index is 2.17. The summed E-state index contributed by atoms with van der Waals surface area (Å²) in [7, 11) is 0. The number of hydrogen-bond donors (Lipinski definition) is 1. The normalized spacial score (nSPS) is 12.2. The van der Waals surface area contributed by atoms with Gasteiger partial charge < -0.3 is 9.73 Å². The van der Waals surface area contributed by atoms with Gasteiger partial charge in [0.15, 0.2) is 4.67 Å². The van der Waals surface area contributed by atoms with E-state index in [9.17, 15) is 13.6 Å². The van der Waals surface area contributed by atoms with E-state index in [-0.39, 0.29) is 10.2 Å². The van der Waals surface area contributed by atoms with Crippen molar-refractivity contribution in [3.63, 3.8) is 0 Å². The summed E-state index contributed by atoms with van der Waals surface area (Å²) in [5.41, 5.74) is 0.386. The molecule has 1 atom stereocenters. The van der Waals surface area contributed by atoms with Crippen molar-refractivity contribution in [1.82, 2.24) is 5.32 Å². The molecule has 2 aromatic rings. The van der Waals surface area contributed by atoms with Crippen LogP contribution in [0.25, 0.3) is 0 Å². The average molecular weight is 330 g/mol. The molecule has 1 aromatic carbocycles. The lowest BCUT2D eigenvalue weighted by Gasteiger charge is -2.14. The Hall–Kier alpha value is -1.69. The molecule has 100 valence electrons. The van der Waals surface area contributed by atoms with Crippen molar-refractivity contribution in [2.24, 2.45) is 0 Å². The highest BCUT2D eigenvalue weighted by atomic mass is 79.9. The number of carbonyl (C=O) groups is 1. The molecular formula is C13H10BrF2NO2.